The first-order chi connectivity index (χ1) is 8.63. The highest BCUT2D eigenvalue weighted by atomic mass is 16.6. The molecule has 1 saturated heterocycles. The second-order valence-corrected chi connectivity index (χ2v) is 4.04. The third-order valence-corrected chi connectivity index (χ3v) is 2.68. The van der Waals surface area contributed by atoms with E-state index in [2.05, 4.69) is 4.74 Å². The van der Waals surface area contributed by atoms with E-state index in [1.54, 1.807) is 25.1 Å². The van der Waals surface area contributed by atoms with Gasteiger partial charge in [0.05, 0.1) is 24.8 Å². The molecule has 18 heavy (non-hydrogen) atoms. The van der Waals surface area contributed by atoms with Crippen molar-refractivity contribution >= 4 is 11.9 Å². The molecular weight excluding hydrogens is 236 g/mol. The molecule has 1 aliphatic rings. The van der Waals surface area contributed by atoms with Crippen LogP contribution in [0.2, 0.25) is 0 Å². The summed E-state index contributed by atoms with van der Waals surface area (Å²) in [5.41, 5.74) is 1.16. The highest BCUT2D eigenvalue weighted by molar-refractivity contribution is 6.04. The third-order valence-electron chi connectivity index (χ3n) is 2.68. The van der Waals surface area contributed by atoms with Crippen LogP contribution in [0, 0.1) is 6.92 Å². The first kappa shape index (κ1) is 12.6. The number of benzene rings is 1. The predicted octanol–water partition coefficient (Wildman–Crippen LogP) is 1.34. The van der Waals surface area contributed by atoms with Crippen LogP contribution in [0.1, 0.15) is 26.3 Å². The standard InChI is InChI=1S/C13H14O5/c1-8-4-3-5-10(11(8)13(15)16-2)12(14)18-7-9-6-17-9/h3-5,9H,6-7H2,1-2H3. The second-order valence-electron chi connectivity index (χ2n) is 4.04. The van der Waals surface area contributed by atoms with Crippen molar-refractivity contribution in [2.75, 3.05) is 20.3 Å². The Morgan fingerprint density at radius 3 is 2.72 bits per heavy atom. The molecule has 2 rings (SSSR count). The van der Waals surface area contributed by atoms with Crippen molar-refractivity contribution in [3.05, 3.63) is 34.9 Å². The Balaban J connectivity index is 2.21. The minimum absolute atomic E-state index is 0.000311. The van der Waals surface area contributed by atoms with Gasteiger partial charge < -0.3 is 14.2 Å². The van der Waals surface area contributed by atoms with Crippen LogP contribution in [0.15, 0.2) is 18.2 Å². The maximum absolute atomic E-state index is 11.9. The zero-order valence-electron chi connectivity index (χ0n) is 10.3. The molecule has 0 aliphatic carbocycles. The Hall–Kier alpha value is -1.88. The number of carbonyl (C=O) groups excluding carboxylic acids is 2. The van der Waals surface area contributed by atoms with Gasteiger partial charge in [-0.25, -0.2) is 9.59 Å². The summed E-state index contributed by atoms with van der Waals surface area (Å²) in [5, 5.41) is 0. The summed E-state index contributed by atoms with van der Waals surface area (Å²) in [7, 11) is 1.28. The van der Waals surface area contributed by atoms with Gasteiger partial charge in [0.1, 0.15) is 12.7 Å². The van der Waals surface area contributed by atoms with Gasteiger partial charge in [-0.3, -0.25) is 0 Å². The lowest BCUT2D eigenvalue weighted by molar-refractivity contribution is 0.0461. The molecule has 1 atom stereocenters. The molecule has 1 unspecified atom stereocenters. The molecule has 1 aromatic carbocycles. The van der Waals surface area contributed by atoms with Crippen LogP contribution in [0.3, 0.4) is 0 Å². The summed E-state index contributed by atoms with van der Waals surface area (Å²) in [6, 6.07) is 4.99. The van der Waals surface area contributed by atoms with Crippen LogP contribution in [-0.2, 0) is 14.2 Å². The number of carbonyl (C=O) groups is 2. The molecule has 0 amide bonds. The lowest BCUT2D eigenvalue weighted by Gasteiger charge is -2.09. The van der Waals surface area contributed by atoms with Crippen LogP contribution >= 0.6 is 0 Å². The first-order valence-corrected chi connectivity index (χ1v) is 5.60. The summed E-state index contributed by atoms with van der Waals surface area (Å²) in [5.74, 6) is -1.07. The molecule has 0 aromatic heterocycles. The van der Waals surface area contributed by atoms with Crippen molar-refractivity contribution in [2.24, 2.45) is 0 Å². The molecule has 5 heteroatoms. The molecule has 5 nitrogen and oxygen atoms in total. The molecule has 1 aromatic rings. The zero-order chi connectivity index (χ0) is 13.1. The molecule has 0 saturated carbocycles. The topological polar surface area (TPSA) is 65.1 Å². The molecule has 0 N–H and O–H groups in total. The first-order valence-electron chi connectivity index (χ1n) is 5.60. The number of methoxy groups -OCH3 is 1. The van der Waals surface area contributed by atoms with E-state index >= 15 is 0 Å². The Labute approximate surface area is 105 Å². The summed E-state index contributed by atoms with van der Waals surface area (Å²) < 4.78 is 14.7. The van der Waals surface area contributed by atoms with E-state index in [1.165, 1.54) is 7.11 Å². The van der Waals surface area contributed by atoms with Crippen LogP contribution in [0.4, 0.5) is 0 Å². The predicted molar refractivity (Wildman–Crippen MR) is 62.5 cm³/mol. The SMILES string of the molecule is COC(=O)c1c(C)cccc1C(=O)OCC1CO1. The number of esters is 2. The van der Waals surface area contributed by atoms with E-state index in [0.29, 0.717) is 12.2 Å². The van der Waals surface area contributed by atoms with Crippen LogP contribution < -0.4 is 0 Å². The van der Waals surface area contributed by atoms with Crippen LogP contribution in [0.25, 0.3) is 0 Å². The summed E-state index contributed by atoms with van der Waals surface area (Å²) in [6.07, 6.45) is 0.000311. The Kier molecular flexibility index (Phi) is 3.62. The molecule has 96 valence electrons. The zero-order valence-corrected chi connectivity index (χ0v) is 10.3. The minimum Gasteiger partial charge on any atom is -0.465 e. The molecule has 1 fully saturated rings. The number of ether oxygens (including phenoxy) is 3. The van der Waals surface area contributed by atoms with Gasteiger partial charge in [0.15, 0.2) is 0 Å². The lowest BCUT2D eigenvalue weighted by Crippen LogP contribution is -2.16. The van der Waals surface area contributed by atoms with Gasteiger partial charge in [0, 0.05) is 0 Å². The monoisotopic (exact) mass is 250 g/mol. The Morgan fingerprint density at radius 1 is 1.39 bits per heavy atom. The van der Waals surface area contributed by atoms with Crippen molar-refractivity contribution in [2.45, 2.75) is 13.0 Å². The van der Waals surface area contributed by atoms with Crippen molar-refractivity contribution in [1.29, 1.82) is 0 Å². The van der Waals surface area contributed by atoms with Crippen molar-refractivity contribution < 1.29 is 23.8 Å². The Bertz CT molecular complexity index is 476. The van der Waals surface area contributed by atoms with Gasteiger partial charge in [-0.05, 0) is 18.6 Å². The summed E-state index contributed by atoms with van der Waals surface area (Å²) >= 11 is 0. The van der Waals surface area contributed by atoms with Crippen molar-refractivity contribution in [3.63, 3.8) is 0 Å². The molecule has 1 aliphatic heterocycles. The van der Waals surface area contributed by atoms with Gasteiger partial charge in [-0.1, -0.05) is 12.1 Å². The molecule has 0 bridgehead atoms. The number of hydrogen-bond donors (Lipinski definition) is 0. The molecule has 1 heterocycles. The Morgan fingerprint density at radius 2 is 2.11 bits per heavy atom. The summed E-state index contributed by atoms with van der Waals surface area (Å²) in [6.45, 7) is 2.57. The fraction of sp³-hybridized carbons (Fsp3) is 0.385. The highest BCUT2D eigenvalue weighted by Crippen LogP contribution is 2.17. The van der Waals surface area contributed by atoms with E-state index in [4.69, 9.17) is 9.47 Å². The van der Waals surface area contributed by atoms with Crippen LogP contribution in [-0.4, -0.2) is 38.4 Å². The van der Waals surface area contributed by atoms with Gasteiger partial charge in [0.2, 0.25) is 0 Å². The van der Waals surface area contributed by atoms with E-state index in [0.717, 1.165) is 0 Å². The maximum atomic E-state index is 11.9. The van der Waals surface area contributed by atoms with E-state index in [9.17, 15) is 9.59 Å². The number of aryl methyl sites for hydroxylation is 1. The average Bonchev–Trinajstić information content (AvgIpc) is 3.18. The third kappa shape index (κ3) is 2.68. The van der Waals surface area contributed by atoms with Crippen LogP contribution in [0.5, 0.6) is 0 Å². The fourth-order valence-corrected chi connectivity index (χ4v) is 1.62. The molecule has 0 spiro atoms. The normalized spacial score (nSPS) is 17.1. The fourth-order valence-electron chi connectivity index (χ4n) is 1.62. The molecular formula is C13H14O5. The maximum Gasteiger partial charge on any atom is 0.339 e. The summed E-state index contributed by atoms with van der Waals surface area (Å²) in [4.78, 5) is 23.5. The minimum atomic E-state index is -0.539. The second kappa shape index (κ2) is 5.18. The smallest absolute Gasteiger partial charge is 0.339 e. The van der Waals surface area contributed by atoms with Gasteiger partial charge in [0.25, 0.3) is 0 Å². The largest absolute Gasteiger partial charge is 0.465 e. The highest BCUT2D eigenvalue weighted by Gasteiger charge is 2.26. The van der Waals surface area contributed by atoms with Crippen molar-refractivity contribution in [1.82, 2.24) is 0 Å². The number of epoxide rings is 1. The van der Waals surface area contributed by atoms with E-state index in [-0.39, 0.29) is 23.8 Å². The van der Waals surface area contributed by atoms with Crippen molar-refractivity contribution in [3.8, 4) is 0 Å². The average molecular weight is 250 g/mol. The van der Waals surface area contributed by atoms with E-state index in [1.807, 2.05) is 0 Å². The lowest BCUT2D eigenvalue weighted by atomic mass is 10.0. The van der Waals surface area contributed by atoms with Gasteiger partial charge in [-0.15, -0.1) is 0 Å². The number of hydrogen-bond acceptors (Lipinski definition) is 5. The van der Waals surface area contributed by atoms with Gasteiger partial charge in [-0.2, -0.15) is 0 Å². The quantitative estimate of drug-likeness (QED) is 0.596. The number of rotatable bonds is 4. The van der Waals surface area contributed by atoms with Gasteiger partial charge >= 0.3 is 11.9 Å². The molecule has 0 radical (unpaired) electrons. The van der Waals surface area contributed by atoms with E-state index < -0.39 is 11.9 Å².